The van der Waals surface area contributed by atoms with Gasteiger partial charge in [0.25, 0.3) is 0 Å². The number of amides is 2. The van der Waals surface area contributed by atoms with E-state index < -0.39 is 17.5 Å². The number of nitrogens with zero attached hydrogens (tertiary/aromatic N) is 5. The molecule has 0 aliphatic heterocycles. The first-order valence-electron chi connectivity index (χ1n) is 13.9. The van der Waals surface area contributed by atoms with Crippen LogP contribution in [-0.4, -0.2) is 61.9 Å². The maximum atomic E-state index is 14.3. The highest BCUT2D eigenvalue weighted by molar-refractivity contribution is 5.73. The first kappa shape index (κ1) is 30.5. The number of carbonyl (C=O) groups is 2. The second-order valence-corrected chi connectivity index (χ2v) is 11.3. The maximum absolute atomic E-state index is 14.3. The lowest BCUT2D eigenvalue weighted by atomic mass is 10.1. The number of ether oxygens (including phenoxy) is 2. The maximum Gasteiger partial charge on any atom is 0.407 e. The number of pyridine rings is 1. The molecule has 0 bridgehead atoms. The number of benzene rings is 1. The third-order valence-corrected chi connectivity index (χ3v) is 6.96. The zero-order chi connectivity index (χ0) is 30.6. The molecule has 3 heterocycles. The monoisotopic (exact) mass is 578 g/mol. The number of carbonyl (C=O) groups excluding carboxylic acids is 2. The van der Waals surface area contributed by atoms with E-state index in [1.165, 1.54) is 19.1 Å². The molecule has 42 heavy (non-hydrogen) atoms. The summed E-state index contributed by atoms with van der Waals surface area (Å²) in [6, 6.07) is 8.32. The van der Waals surface area contributed by atoms with E-state index in [0.717, 1.165) is 39.4 Å². The third kappa shape index (κ3) is 7.45. The Hall–Kier alpha value is -4.41. The molecule has 0 aliphatic carbocycles. The SMILES string of the molecule is CC(=O)N(C)Cc1nn(C)c(C)c1CCOc1cc(F)ccc1-c1ccc2ncc(CCNC(=O)OC(C)(C)C)n2c1. The van der Waals surface area contributed by atoms with Crippen molar-refractivity contribution in [1.29, 1.82) is 0 Å². The molecule has 0 aliphatic rings. The van der Waals surface area contributed by atoms with E-state index >= 15 is 0 Å². The van der Waals surface area contributed by atoms with Crippen molar-refractivity contribution in [2.24, 2.45) is 7.05 Å². The average molecular weight is 579 g/mol. The Kier molecular flexibility index (Phi) is 9.18. The van der Waals surface area contributed by atoms with E-state index in [2.05, 4.69) is 15.4 Å². The van der Waals surface area contributed by atoms with Crippen LogP contribution < -0.4 is 10.1 Å². The van der Waals surface area contributed by atoms with Gasteiger partial charge in [-0.3, -0.25) is 9.48 Å². The van der Waals surface area contributed by atoms with Gasteiger partial charge in [-0.15, -0.1) is 0 Å². The second-order valence-electron chi connectivity index (χ2n) is 11.3. The third-order valence-electron chi connectivity index (χ3n) is 6.96. The quantitative estimate of drug-likeness (QED) is 0.289. The summed E-state index contributed by atoms with van der Waals surface area (Å²) >= 11 is 0. The molecule has 1 aromatic carbocycles. The topological polar surface area (TPSA) is 103 Å². The zero-order valence-electron chi connectivity index (χ0n) is 25.3. The summed E-state index contributed by atoms with van der Waals surface area (Å²) in [5, 5.41) is 7.36. The predicted octanol–water partition coefficient (Wildman–Crippen LogP) is 4.85. The molecule has 10 nitrogen and oxygen atoms in total. The van der Waals surface area contributed by atoms with Crippen molar-refractivity contribution in [2.75, 3.05) is 20.2 Å². The van der Waals surface area contributed by atoms with Gasteiger partial charge in [-0.05, 0) is 52.0 Å². The van der Waals surface area contributed by atoms with Gasteiger partial charge in [0, 0.05) is 86.9 Å². The molecule has 0 unspecified atom stereocenters. The van der Waals surface area contributed by atoms with Crippen LogP contribution in [0.2, 0.25) is 0 Å². The fraction of sp³-hybridized carbons (Fsp3) is 0.419. The van der Waals surface area contributed by atoms with Crippen molar-refractivity contribution < 1.29 is 23.5 Å². The van der Waals surface area contributed by atoms with Gasteiger partial charge in [-0.2, -0.15) is 5.10 Å². The van der Waals surface area contributed by atoms with Crippen LogP contribution in [0.5, 0.6) is 5.75 Å². The van der Waals surface area contributed by atoms with Gasteiger partial charge in [-0.1, -0.05) is 0 Å². The number of rotatable bonds is 10. The Labute approximate surface area is 245 Å². The Morgan fingerprint density at radius 2 is 1.90 bits per heavy atom. The van der Waals surface area contributed by atoms with Gasteiger partial charge in [0.1, 0.15) is 22.8 Å². The lowest BCUT2D eigenvalue weighted by Gasteiger charge is -2.19. The zero-order valence-corrected chi connectivity index (χ0v) is 25.3. The van der Waals surface area contributed by atoms with Gasteiger partial charge in [0.2, 0.25) is 5.91 Å². The fourth-order valence-electron chi connectivity index (χ4n) is 4.61. The molecule has 1 N–H and O–H groups in total. The highest BCUT2D eigenvalue weighted by Gasteiger charge is 2.18. The molecule has 0 radical (unpaired) electrons. The number of halogens is 1. The van der Waals surface area contributed by atoms with Gasteiger partial charge in [0.05, 0.1) is 18.8 Å². The molecule has 2 amide bonds. The number of aromatic nitrogens is 4. The predicted molar refractivity (Wildman–Crippen MR) is 158 cm³/mol. The highest BCUT2D eigenvalue weighted by Crippen LogP contribution is 2.32. The van der Waals surface area contributed by atoms with E-state index in [1.807, 2.05) is 57.5 Å². The van der Waals surface area contributed by atoms with Crippen LogP contribution in [-0.2, 0) is 36.0 Å². The molecule has 0 fully saturated rings. The summed E-state index contributed by atoms with van der Waals surface area (Å²) in [7, 11) is 3.61. The van der Waals surface area contributed by atoms with Crippen LogP contribution >= 0.6 is 0 Å². The van der Waals surface area contributed by atoms with Gasteiger partial charge >= 0.3 is 6.09 Å². The number of nitrogens with one attached hydrogen (secondary N) is 1. The highest BCUT2D eigenvalue weighted by atomic mass is 19.1. The van der Waals surface area contributed by atoms with Crippen LogP contribution in [0.1, 0.15) is 50.3 Å². The van der Waals surface area contributed by atoms with E-state index in [1.54, 1.807) is 28.9 Å². The van der Waals surface area contributed by atoms with E-state index in [9.17, 15) is 14.0 Å². The summed E-state index contributed by atoms with van der Waals surface area (Å²) in [6.07, 6.45) is 4.33. The summed E-state index contributed by atoms with van der Waals surface area (Å²) in [4.78, 5) is 29.9. The van der Waals surface area contributed by atoms with Crippen molar-refractivity contribution in [3.8, 4) is 16.9 Å². The minimum Gasteiger partial charge on any atom is -0.492 e. The number of hydrogen-bond donors (Lipinski definition) is 1. The van der Waals surface area contributed by atoms with E-state index in [0.29, 0.717) is 38.3 Å². The molecule has 224 valence electrons. The molecular formula is C31H39FN6O4. The minimum atomic E-state index is -0.567. The minimum absolute atomic E-state index is 0.0396. The normalized spacial score (nSPS) is 11.5. The van der Waals surface area contributed by atoms with Crippen LogP contribution in [0.15, 0.2) is 42.7 Å². The first-order valence-corrected chi connectivity index (χ1v) is 13.9. The molecule has 4 aromatic rings. The number of imidazole rings is 1. The van der Waals surface area contributed by atoms with Gasteiger partial charge in [-0.25, -0.2) is 14.2 Å². The smallest absolute Gasteiger partial charge is 0.407 e. The second kappa shape index (κ2) is 12.6. The first-order chi connectivity index (χ1) is 19.8. The van der Waals surface area contributed by atoms with E-state index in [4.69, 9.17) is 9.47 Å². The van der Waals surface area contributed by atoms with Crippen molar-refractivity contribution in [1.82, 2.24) is 29.4 Å². The van der Waals surface area contributed by atoms with Crippen LogP contribution in [0.25, 0.3) is 16.8 Å². The van der Waals surface area contributed by atoms with Crippen molar-refractivity contribution >= 4 is 17.6 Å². The molecular weight excluding hydrogens is 539 g/mol. The standard InChI is InChI=1S/C31H39FN6O4/c1-20-25(27(35-37(20)7)19-36(6)21(2)39)13-15-41-28-16-23(32)9-10-26(28)22-8-11-29-34-17-24(38(29)18-22)12-14-33-30(40)42-31(3,4)5/h8-11,16-18H,12-15,19H2,1-7H3,(H,33,40). The average Bonchev–Trinajstić information content (AvgIpc) is 3.42. The van der Waals surface area contributed by atoms with Crippen LogP contribution in [0.3, 0.4) is 0 Å². The van der Waals surface area contributed by atoms with Crippen molar-refractivity contribution in [3.05, 3.63) is 71.2 Å². The summed E-state index contributed by atoms with van der Waals surface area (Å²) < 4.78 is 29.6. The number of fused-ring (bicyclic) bond motifs is 1. The molecule has 0 saturated heterocycles. The largest absolute Gasteiger partial charge is 0.492 e. The Morgan fingerprint density at radius 1 is 1.14 bits per heavy atom. The van der Waals surface area contributed by atoms with Gasteiger partial charge in [0.15, 0.2) is 0 Å². The van der Waals surface area contributed by atoms with Crippen LogP contribution in [0.4, 0.5) is 9.18 Å². The summed E-state index contributed by atoms with van der Waals surface area (Å²) in [6.45, 7) is 10.0. The Bertz CT molecular complexity index is 1590. The van der Waals surface area contributed by atoms with Crippen molar-refractivity contribution in [3.63, 3.8) is 0 Å². The Morgan fingerprint density at radius 3 is 2.62 bits per heavy atom. The van der Waals surface area contributed by atoms with Gasteiger partial charge < -0.3 is 24.1 Å². The lowest BCUT2D eigenvalue weighted by Crippen LogP contribution is -2.33. The molecule has 3 aromatic heterocycles. The molecule has 0 saturated carbocycles. The summed E-state index contributed by atoms with van der Waals surface area (Å²) in [5.41, 5.74) is 5.48. The number of alkyl carbamates (subject to hydrolysis) is 1. The number of aryl methyl sites for hydroxylation is 1. The molecule has 0 atom stereocenters. The number of hydrogen-bond acceptors (Lipinski definition) is 6. The molecule has 4 rings (SSSR count). The Balaban J connectivity index is 1.50. The fourth-order valence-corrected chi connectivity index (χ4v) is 4.61. The van der Waals surface area contributed by atoms with Crippen molar-refractivity contribution in [2.45, 2.75) is 59.6 Å². The van der Waals surface area contributed by atoms with E-state index in [-0.39, 0.29) is 5.91 Å². The molecule has 0 spiro atoms. The van der Waals surface area contributed by atoms with Crippen LogP contribution in [0, 0.1) is 12.7 Å². The lowest BCUT2D eigenvalue weighted by molar-refractivity contribution is -0.128. The summed E-state index contributed by atoms with van der Waals surface area (Å²) in [5.74, 6) is -0.0125. The molecule has 11 heteroatoms.